The van der Waals surface area contributed by atoms with E-state index < -0.39 is 35.1 Å². The molecule has 2 aromatic carbocycles. The number of rotatable bonds is 6. The molecule has 0 radical (unpaired) electrons. The molecule has 4 rings (SSSR count). The maximum atomic E-state index is 13.3. The van der Waals surface area contributed by atoms with E-state index in [2.05, 4.69) is 5.32 Å². The molecule has 2 saturated heterocycles. The van der Waals surface area contributed by atoms with Crippen molar-refractivity contribution in [1.82, 2.24) is 10.2 Å². The van der Waals surface area contributed by atoms with Gasteiger partial charge in [0.2, 0.25) is 5.91 Å². The Kier molecular flexibility index (Phi) is 7.90. The molecular formula is C27H30F6N2O2. The van der Waals surface area contributed by atoms with Gasteiger partial charge >= 0.3 is 12.4 Å². The van der Waals surface area contributed by atoms with E-state index in [0.29, 0.717) is 44.5 Å². The molecule has 2 aromatic rings. The minimum atomic E-state index is -4.92. The van der Waals surface area contributed by atoms with Gasteiger partial charge in [-0.3, -0.25) is 4.79 Å². The van der Waals surface area contributed by atoms with Crippen LogP contribution in [0.15, 0.2) is 48.5 Å². The molecule has 202 valence electrons. The molecule has 0 bridgehead atoms. The van der Waals surface area contributed by atoms with E-state index in [1.54, 1.807) is 0 Å². The van der Waals surface area contributed by atoms with Gasteiger partial charge in [-0.25, -0.2) is 0 Å². The first-order chi connectivity index (χ1) is 17.4. The number of likely N-dealkylation sites (tertiary alicyclic amines) is 1. The normalized spacial score (nSPS) is 24.2. The lowest BCUT2D eigenvalue weighted by Gasteiger charge is -2.46. The lowest BCUT2D eigenvalue weighted by Crippen LogP contribution is -2.58. The number of halogens is 6. The molecule has 2 heterocycles. The summed E-state index contributed by atoms with van der Waals surface area (Å²) in [6.45, 7) is 2.72. The predicted molar refractivity (Wildman–Crippen MR) is 126 cm³/mol. The molecule has 37 heavy (non-hydrogen) atoms. The van der Waals surface area contributed by atoms with Crippen LogP contribution < -0.4 is 5.32 Å². The fourth-order valence-corrected chi connectivity index (χ4v) is 5.18. The molecule has 1 amide bonds. The number of alkyl halides is 6. The standard InChI is InChI=1S/C27H30F6N2O2/c1-18(19-13-21(26(28,29)30)15-22(14-19)27(31,32)33)37-17-25(20-7-3-2-4-8-20)11-10-23(16-34-25)35-12-6-5-9-24(35)36/h2-4,7-8,13-15,18,23,34H,5-6,9-12,16-17H2,1H3/t18-,23?,25-/m1/s1. The number of nitrogens with zero attached hydrogens (tertiary/aromatic N) is 1. The highest BCUT2D eigenvalue weighted by atomic mass is 19.4. The van der Waals surface area contributed by atoms with Crippen LogP contribution in [0, 0.1) is 0 Å². The maximum Gasteiger partial charge on any atom is 0.416 e. The Labute approximate surface area is 212 Å². The molecular weight excluding hydrogens is 498 g/mol. The molecule has 0 aromatic heterocycles. The van der Waals surface area contributed by atoms with Crippen molar-refractivity contribution < 1.29 is 35.9 Å². The van der Waals surface area contributed by atoms with E-state index in [4.69, 9.17) is 4.74 Å². The van der Waals surface area contributed by atoms with Crippen LogP contribution in [-0.2, 0) is 27.4 Å². The molecule has 0 saturated carbocycles. The number of hydrogen-bond acceptors (Lipinski definition) is 3. The molecule has 1 unspecified atom stereocenters. The average Bonchev–Trinajstić information content (AvgIpc) is 2.87. The molecule has 3 atom stereocenters. The largest absolute Gasteiger partial charge is 0.416 e. The fraction of sp³-hybridized carbons (Fsp3) is 0.519. The number of nitrogens with one attached hydrogen (secondary N) is 1. The molecule has 2 aliphatic heterocycles. The van der Waals surface area contributed by atoms with Gasteiger partial charge in [0.05, 0.1) is 29.4 Å². The minimum absolute atomic E-state index is 0.0277. The predicted octanol–water partition coefficient (Wildman–Crippen LogP) is 6.46. The van der Waals surface area contributed by atoms with Crippen LogP contribution in [0.3, 0.4) is 0 Å². The summed E-state index contributed by atoms with van der Waals surface area (Å²) in [5.41, 5.74) is -2.71. The van der Waals surface area contributed by atoms with Crippen molar-refractivity contribution in [2.45, 2.75) is 69.1 Å². The molecule has 1 N–H and O–H groups in total. The lowest BCUT2D eigenvalue weighted by molar-refractivity contribution is -0.143. The van der Waals surface area contributed by atoms with Crippen molar-refractivity contribution >= 4 is 5.91 Å². The van der Waals surface area contributed by atoms with Crippen molar-refractivity contribution in [3.8, 4) is 0 Å². The van der Waals surface area contributed by atoms with Gasteiger partial charge in [-0.2, -0.15) is 26.3 Å². The second-order valence-corrected chi connectivity index (χ2v) is 9.86. The van der Waals surface area contributed by atoms with Crippen LogP contribution in [0.2, 0.25) is 0 Å². The second-order valence-electron chi connectivity index (χ2n) is 9.86. The van der Waals surface area contributed by atoms with E-state index in [1.807, 2.05) is 35.2 Å². The van der Waals surface area contributed by atoms with Crippen LogP contribution in [0.25, 0.3) is 0 Å². The van der Waals surface area contributed by atoms with Crippen molar-refractivity contribution in [1.29, 1.82) is 0 Å². The molecule has 10 heteroatoms. The molecule has 0 spiro atoms. The Morgan fingerprint density at radius 2 is 1.68 bits per heavy atom. The summed E-state index contributed by atoms with van der Waals surface area (Å²) in [6, 6.07) is 11.0. The summed E-state index contributed by atoms with van der Waals surface area (Å²) in [7, 11) is 0. The van der Waals surface area contributed by atoms with Gasteiger partial charge in [-0.05, 0) is 61.9 Å². The van der Waals surface area contributed by atoms with Crippen LogP contribution in [0.5, 0.6) is 0 Å². The molecule has 0 aliphatic carbocycles. The Balaban J connectivity index is 1.54. The van der Waals surface area contributed by atoms with Gasteiger partial charge in [0.25, 0.3) is 0 Å². The van der Waals surface area contributed by atoms with Crippen molar-refractivity contribution in [2.75, 3.05) is 19.7 Å². The van der Waals surface area contributed by atoms with Crippen molar-refractivity contribution in [2.24, 2.45) is 0 Å². The second kappa shape index (κ2) is 10.6. The number of ether oxygens (including phenoxy) is 1. The van der Waals surface area contributed by atoms with Crippen molar-refractivity contribution in [3.05, 3.63) is 70.8 Å². The van der Waals surface area contributed by atoms with E-state index in [0.717, 1.165) is 18.4 Å². The third-order valence-electron chi connectivity index (χ3n) is 7.37. The first-order valence-corrected chi connectivity index (χ1v) is 12.4. The average molecular weight is 529 g/mol. The van der Waals surface area contributed by atoms with Gasteiger partial charge in [0.15, 0.2) is 0 Å². The van der Waals surface area contributed by atoms with E-state index in [9.17, 15) is 31.1 Å². The molecule has 4 nitrogen and oxygen atoms in total. The number of amides is 1. The van der Waals surface area contributed by atoms with E-state index in [-0.39, 0.29) is 30.2 Å². The van der Waals surface area contributed by atoms with Crippen molar-refractivity contribution in [3.63, 3.8) is 0 Å². The first-order valence-electron chi connectivity index (χ1n) is 12.4. The Morgan fingerprint density at radius 3 is 2.22 bits per heavy atom. The monoisotopic (exact) mass is 528 g/mol. The van der Waals surface area contributed by atoms with Crippen LogP contribution in [-0.4, -0.2) is 36.5 Å². The number of benzene rings is 2. The van der Waals surface area contributed by atoms with Gasteiger partial charge < -0.3 is 15.0 Å². The molecule has 2 aliphatic rings. The Bertz CT molecular complexity index is 1050. The zero-order valence-corrected chi connectivity index (χ0v) is 20.5. The van der Waals surface area contributed by atoms with Gasteiger partial charge in [0.1, 0.15) is 0 Å². The smallest absolute Gasteiger partial charge is 0.372 e. The highest BCUT2D eigenvalue weighted by Gasteiger charge is 2.41. The number of hydrogen-bond donors (Lipinski definition) is 1. The first kappa shape index (κ1) is 27.4. The highest BCUT2D eigenvalue weighted by molar-refractivity contribution is 5.77. The zero-order valence-electron chi connectivity index (χ0n) is 20.5. The molecule has 2 fully saturated rings. The van der Waals surface area contributed by atoms with E-state index in [1.165, 1.54) is 6.92 Å². The minimum Gasteiger partial charge on any atom is -0.372 e. The zero-order chi connectivity index (χ0) is 26.8. The Hall–Kier alpha value is -2.59. The van der Waals surface area contributed by atoms with Gasteiger partial charge in [0, 0.05) is 25.6 Å². The van der Waals surface area contributed by atoms with E-state index >= 15 is 0 Å². The summed E-state index contributed by atoms with van der Waals surface area (Å²) in [4.78, 5) is 14.3. The quantitative estimate of drug-likeness (QED) is 0.438. The van der Waals surface area contributed by atoms with Crippen LogP contribution in [0.4, 0.5) is 26.3 Å². The fourth-order valence-electron chi connectivity index (χ4n) is 5.18. The number of carbonyl (C=O) groups is 1. The maximum absolute atomic E-state index is 13.3. The van der Waals surface area contributed by atoms with Crippen LogP contribution >= 0.6 is 0 Å². The highest BCUT2D eigenvalue weighted by Crippen LogP contribution is 2.39. The van der Waals surface area contributed by atoms with Crippen LogP contribution in [0.1, 0.15) is 67.4 Å². The lowest BCUT2D eigenvalue weighted by atomic mass is 9.81. The number of piperidine rings is 2. The Morgan fingerprint density at radius 1 is 1.03 bits per heavy atom. The topological polar surface area (TPSA) is 41.6 Å². The summed E-state index contributed by atoms with van der Waals surface area (Å²) in [5, 5.41) is 3.52. The number of carbonyl (C=O) groups excluding carboxylic acids is 1. The summed E-state index contributed by atoms with van der Waals surface area (Å²) >= 11 is 0. The summed E-state index contributed by atoms with van der Waals surface area (Å²) < 4.78 is 86.0. The SMILES string of the molecule is C[C@@H](OC[C@@]1(c2ccccc2)CCC(N2CCCCC2=O)CN1)c1cc(C(F)(F)F)cc(C(F)(F)F)c1. The van der Waals surface area contributed by atoms with Gasteiger partial charge in [-0.1, -0.05) is 30.3 Å². The summed E-state index contributed by atoms with van der Waals surface area (Å²) in [5.74, 6) is 0.139. The van der Waals surface area contributed by atoms with Gasteiger partial charge in [-0.15, -0.1) is 0 Å². The third kappa shape index (κ3) is 6.29. The third-order valence-corrected chi connectivity index (χ3v) is 7.37. The summed E-state index contributed by atoms with van der Waals surface area (Å²) in [6.07, 6.45) is -7.18.